The zero-order valence-electron chi connectivity index (χ0n) is 11.8. The van der Waals surface area contributed by atoms with Crippen LogP contribution in [-0.4, -0.2) is 34.0 Å². The Bertz CT molecular complexity index is 675. The van der Waals surface area contributed by atoms with Gasteiger partial charge in [-0.25, -0.2) is 4.79 Å². The molecular weight excluding hydrogens is 286 g/mol. The van der Waals surface area contributed by atoms with Crippen LogP contribution < -0.4 is 0 Å². The number of likely N-dealkylation sites (tertiary alicyclic amines) is 1. The Labute approximate surface area is 127 Å². The van der Waals surface area contributed by atoms with Crippen molar-refractivity contribution in [2.24, 2.45) is 0 Å². The van der Waals surface area contributed by atoms with Crippen LogP contribution in [-0.2, 0) is 4.79 Å². The molecule has 3 rings (SSSR count). The lowest BCUT2D eigenvalue weighted by Gasteiger charge is -2.41. The standard InChI is InChI=1S/C16H17NO3S/c1-16(15(19)20)8-4-5-9-17(16)14(18)13-10-11-6-2-3-7-12(11)21-13/h2-3,6-7,10H,4-5,8-9H2,1H3,(H,19,20). The van der Waals surface area contributed by atoms with Gasteiger partial charge in [0, 0.05) is 11.2 Å². The SMILES string of the molecule is CC1(C(=O)O)CCCCN1C(=O)c1cc2ccccc2s1. The van der Waals surface area contributed by atoms with Gasteiger partial charge in [0.05, 0.1) is 4.88 Å². The molecule has 0 spiro atoms. The number of piperidine rings is 1. The second-order valence-electron chi connectivity index (χ2n) is 5.64. The van der Waals surface area contributed by atoms with E-state index in [9.17, 15) is 14.7 Å². The molecular formula is C16H17NO3S. The van der Waals surface area contributed by atoms with E-state index in [0.29, 0.717) is 17.8 Å². The number of fused-ring (bicyclic) bond motifs is 1. The molecule has 4 nitrogen and oxygen atoms in total. The number of carbonyl (C=O) groups excluding carboxylic acids is 1. The number of aliphatic carboxylic acids is 1. The number of hydrogen-bond acceptors (Lipinski definition) is 3. The molecule has 0 aliphatic carbocycles. The molecule has 110 valence electrons. The van der Waals surface area contributed by atoms with Crippen LogP contribution in [0.25, 0.3) is 10.1 Å². The summed E-state index contributed by atoms with van der Waals surface area (Å²) in [5.41, 5.74) is -1.09. The molecule has 1 aliphatic heterocycles. The Hall–Kier alpha value is -1.88. The Morgan fingerprint density at radius 3 is 2.76 bits per heavy atom. The van der Waals surface area contributed by atoms with Gasteiger partial charge in [0.1, 0.15) is 5.54 Å². The summed E-state index contributed by atoms with van der Waals surface area (Å²) in [7, 11) is 0. The third-order valence-corrected chi connectivity index (χ3v) is 5.34. The first-order valence-electron chi connectivity index (χ1n) is 7.06. The number of amides is 1. The first-order chi connectivity index (χ1) is 10.0. The van der Waals surface area contributed by atoms with Crippen LogP contribution in [0, 0.1) is 0 Å². The van der Waals surface area contributed by atoms with E-state index in [0.717, 1.165) is 22.9 Å². The number of carboxylic acids is 1. The lowest BCUT2D eigenvalue weighted by Crippen LogP contribution is -2.57. The first kappa shape index (κ1) is 14.1. The molecule has 1 saturated heterocycles. The molecule has 1 aliphatic rings. The van der Waals surface area contributed by atoms with Crippen LogP contribution in [0.1, 0.15) is 35.9 Å². The van der Waals surface area contributed by atoms with Crippen LogP contribution in [0.5, 0.6) is 0 Å². The molecule has 2 heterocycles. The van der Waals surface area contributed by atoms with Gasteiger partial charge in [-0.2, -0.15) is 0 Å². The smallest absolute Gasteiger partial charge is 0.329 e. The number of benzene rings is 1. The number of carbonyl (C=O) groups is 2. The van der Waals surface area contributed by atoms with E-state index in [1.54, 1.807) is 6.92 Å². The second-order valence-corrected chi connectivity index (χ2v) is 6.73. The minimum absolute atomic E-state index is 0.166. The predicted octanol–water partition coefficient (Wildman–Crippen LogP) is 3.37. The van der Waals surface area contributed by atoms with Crippen molar-refractivity contribution >= 4 is 33.3 Å². The Morgan fingerprint density at radius 1 is 1.29 bits per heavy atom. The quantitative estimate of drug-likeness (QED) is 0.925. The predicted molar refractivity (Wildman–Crippen MR) is 82.8 cm³/mol. The van der Waals surface area contributed by atoms with Gasteiger partial charge in [-0.1, -0.05) is 18.2 Å². The fraction of sp³-hybridized carbons (Fsp3) is 0.375. The van der Waals surface area contributed by atoms with Gasteiger partial charge >= 0.3 is 5.97 Å². The van der Waals surface area contributed by atoms with Crippen molar-refractivity contribution in [2.75, 3.05) is 6.54 Å². The van der Waals surface area contributed by atoms with Gasteiger partial charge in [-0.05, 0) is 43.7 Å². The van der Waals surface area contributed by atoms with Gasteiger partial charge in [-0.3, -0.25) is 4.79 Å². The highest BCUT2D eigenvalue weighted by Crippen LogP contribution is 2.33. The number of carboxylic acid groups (broad SMARTS) is 1. The summed E-state index contributed by atoms with van der Waals surface area (Å²) < 4.78 is 1.05. The minimum atomic E-state index is -1.09. The molecule has 1 unspecified atom stereocenters. The zero-order valence-corrected chi connectivity index (χ0v) is 12.7. The van der Waals surface area contributed by atoms with E-state index in [-0.39, 0.29) is 5.91 Å². The number of thiophene rings is 1. The summed E-state index contributed by atoms with van der Waals surface area (Å²) in [6.45, 7) is 2.16. The van der Waals surface area contributed by atoms with Crippen LogP contribution in [0.2, 0.25) is 0 Å². The third kappa shape index (κ3) is 2.31. The van der Waals surface area contributed by atoms with Crippen LogP contribution in [0.15, 0.2) is 30.3 Å². The van der Waals surface area contributed by atoms with E-state index in [1.165, 1.54) is 16.2 Å². The normalized spacial score (nSPS) is 22.4. The van der Waals surface area contributed by atoms with Crippen molar-refractivity contribution < 1.29 is 14.7 Å². The zero-order chi connectivity index (χ0) is 15.0. The van der Waals surface area contributed by atoms with Crippen molar-refractivity contribution in [3.05, 3.63) is 35.2 Å². The lowest BCUT2D eigenvalue weighted by molar-refractivity contribution is -0.150. The van der Waals surface area contributed by atoms with Gasteiger partial charge in [-0.15, -0.1) is 11.3 Å². The summed E-state index contributed by atoms with van der Waals surface area (Å²) in [4.78, 5) is 26.5. The van der Waals surface area contributed by atoms with Crippen LogP contribution in [0.3, 0.4) is 0 Å². The van der Waals surface area contributed by atoms with E-state index in [4.69, 9.17) is 0 Å². The summed E-state index contributed by atoms with van der Waals surface area (Å²) in [6.07, 6.45) is 2.22. The van der Waals surface area contributed by atoms with Gasteiger partial charge < -0.3 is 10.0 Å². The van der Waals surface area contributed by atoms with E-state index < -0.39 is 11.5 Å². The maximum atomic E-state index is 12.8. The molecule has 1 aromatic carbocycles. The molecule has 1 amide bonds. The van der Waals surface area contributed by atoms with Crippen molar-refractivity contribution in [3.63, 3.8) is 0 Å². The van der Waals surface area contributed by atoms with Crippen LogP contribution >= 0.6 is 11.3 Å². The third-order valence-electron chi connectivity index (χ3n) is 4.23. The Morgan fingerprint density at radius 2 is 2.05 bits per heavy atom. The monoisotopic (exact) mass is 303 g/mol. The summed E-state index contributed by atoms with van der Waals surface area (Å²) in [5, 5.41) is 10.5. The lowest BCUT2D eigenvalue weighted by atomic mass is 9.88. The minimum Gasteiger partial charge on any atom is -0.480 e. The Balaban J connectivity index is 1.97. The van der Waals surface area contributed by atoms with Crippen molar-refractivity contribution in [1.29, 1.82) is 0 Å². The molecule has 1 fully saturated rings. The van der Waals surface area contributed by atoms with Crippen LogP contribution in [0.4, 0.5) is 0 Å². The first-order valence-corrected chi connectivity index (χ1v) is 7.88. The van der Waals surface area contributed by atoms with Crippen molar-refractivity contribution in [2.45, 2.75) is 31.7 Å². The molecule has 21 heavy (non-hydrogen) atoms. The van der Waals surface area contributed by atoms with E-state index in [2.05, 4.69) is 0 Å². The topological polar surface area (TPSA) is 57.6 Å². The van der Waals surface area contributed by atoms with Gasteiger partial charge in [0.2, 0.25) is 0 Å². The molecule has 0 bridgehead atoms. The number of hydrogen-bond donors (Lipinski definition) is 1. The summed E-state index contributed by atoms with van der Waals surface area (Å²) >= 11 is 1.43. The highest BCUT2D eigenvalue weighted by molar-refractivity contribution is 7.20. The second kappa shape index (κ2) is 5.15. The maximum absolute atomic E-state index is 12.8. The molecule has 0 saturated carbocycles. The molecule has 5 heteroatoms. The molecule has 0 radical (unpaired) electrons. The maximum Gasteiger partial charge on any atom is 0.329 e. The van der Waals surface area contributed by atoms with Crippen molar-refractivity contribution in [3.8, 4) is 0 Å². The van der Waals surface area contributed by atoms with E-state index >= 15 is 0 Å². The number of nitrogens with zero attached hydrogens (tertiary/aromatic N) is 1. The highest BCUT2D eigenvalue weighted by Gasteiger charge is 2.44. The van der Waals surface area contributed by atoms with Gasteiger partial charge in [0.15, 0.2) is 0 Å². The fourth-order valence-electron chi connectivity index (χ4n) is 2.89. The molecule has 1 aromatic heterocycles. The Kier molecular flexibility index (Phi) is 3.45. The average Bonchev–Trinajstić information content (AvgIpc) is 2.91. The molecule has 1 atom stereocenters. The van der Waals surface area contributed by atoms with Crippen molar-refractivity contribution in [1.82, 2.24) is 4.90 Å². The largest absolute Gasteiger partial charge is 0.480 e. The average molecular weight is 303 g/mol. The summed E-state index contributed by atoms with van der Waals surface area (Å²) in [5.74, 6) is -1.09. The van der Waals surface area contributed by atoms with E-state index in [1.807, 2.05) is 30.3 Å². The molecule has 2 aromatic rings. The summed E-state index contributed by atoms with van der Waals surface area (Å²) in [6, 6.07) is 9.68. The van der Waals surface area contributed by atoms with Gasteiger partial charge in [0.25, 0.3) is 5.91 Å². The fourth-order valence-corrected chi connectivity index (χ4v) is 3.90. The highest BCUT2D eigenvalue weighted by atomic mass is 32.1. The number of rotatable bonds is 2. The molecule has 1 N–H and O–H groups in total.